The largest absolute Gasteiger partial charge is 0.494 e. The minimum atomic E-state index is -0.425. The van der Waals surface area contributed by atoms with Crippen LogP contribution in [0.25, 0.3) is 0 Å². The van der Waals surface area contributed by atoms with E-state index in [0.29, 0.717) is 11.7 Å². The summed E-state index contributed by atoms with van der Waals surface area (Å²) in [6.07, 6.45) is 2.56. The SMILES string of the molecule is COc1ccc(OC2CC(Cc3nc(C)c4c(n3)N(C)[C@@H](C)C(=O)N4C)C2)cc1F. The molecule has 1 fully saturated rings. The minimum absolute atomic E-state index is 0.0402. The van der Waals surface area contributed by atoms with E-state index in [1.54, 1.807) is 24.1 Å². The van der Waals surface area contributed by atoms with Crippen molar-refractivity contribution in [3.8, 4) is 11.5 Å². The molecule has 0 saturated heterocycles. The molecule has 0 radical (unpaired) electrons. The summed E-state index contributed by atoms with van der Waals surface area (Å²) in [5, 5.41) is 0. The van der Waals surface area contributed by atoms with Crippen LogP contribution in [0.5, 0.6) is 11.5 Å². The van der Waals surface area contributed by atoms with Crippen LogP contribution in [0.3, 0.4) is 0 Å². The van der Waals surface area contributed by atoms with Gasteiger partial charge in [-0.3, -0.25) is 4.79 Å². The topological polar surface area (TPSA) is 67.8 Å². The van der Waals surface area contributed by atoms with Crippen molar-refractivity contribution < 1.29 is 18.7 Å². The Labute approximate surface area is 175 Å². The number of benzene rings is 1. The van der Waals surface area contributed by atoms with Crippen molar-refractivity contribution >= 4 is 17.4 Å². The van der Waals surface area contributed by atoms with E-state index in [1.165, 1.54) is 13.2 Å². The fourth-order valence-electron chi connectivity index (χ4n) is 4.19. The van der Waals surface area contributed by atoms with Crippen molar-refractivity contribution in [3.63, 3.8) is 0 Å². The number of hydrogen-bond donors (Lipinski definition) is 0. The predicted octanol–water partition coefficient (Wildman–Crippen LogP) is 3.13. The molecule has 1 aliphatic heterocycles. The molecule has 160 valence electrons. The molecule has 0 N–H and O–H groups in total. The Bertz CT molecular complexity index is 977. The van der Waals surface area contributed by atoms with Gasteiger partial charge in [0.2, 0.25) is 5.91 Å². The summed E-state index contributed by atoms with van der Waals surface area (Å²) in [6.45, 7) is 3.80. The van der Waals surface area contributed by atoms with Gasteiger partial charge < -0.3 is 19.3 Å². The van der Waals surface area contributed by atoms with Gasteiger partial charge in [0.25, 0.3) is 0 Å². The highest BCUT2D eigenvalue weighted by Gasteiger charge is 2.36. The molecule has 1 saturated carbocycles. The molecular weight excluding hydrogens is 387 g/mol. The molecule has 1 atom stereocenters. The van der Waals surface area contributed by atoms with Crippen molar-refractivity contribution in [2.24, 2.45) is 5.92 Å². The second-order valence-electron chi connectivity index (χ2n) is 8.16. The smallest absolute Gasteiger partial charge is 0.249 e. The molecule has 1 amide bonds. The van der Waals surface area contributed by atoms with Crippen LogP contribution in [0, 0.1) is 18.7 Å². The Morgan fingerprint density at radius 2 is 1.97 bits per heavy atom. The molecule has 2 aromatic rings. The van der Waals surface area contributed by atoms with Crippen molar-refractivity contribution in [2.75, 3.05) is 31.0 Å². The third kappa shape index (κ3) is 3.55. The standard InChI is InChI=1S/C22H27FN4O3/c1-12-20-21(26(3)13(2)22(28)27(20)4)25-19(24-12)10-14-8-16(9-14)30-15-6-7-18(29-5)17(23)11-15/h6-7,11,13-14,16H,8-10H2,1-5H3/t13-,14?,16?/m0/s1. The van der Waals surface area contributed by atoms with E-state index < -0.39 is 5.82 Å². The monoisotopic (exact) mass is 414 g/mol. The first-order valence-electron chi connectivity index (χ1n) is 10.2. The van der Waals surface area contributed by atoms with Gasteiger partial charge in [-0.05, 0) is 44.7 Å². The third-order valence-electron chi connectivity index (χ3n) is 6.11. The lowest BCUT2D eigenvalue weighted by Crippen LogP contribution is -2.50. The number of anilines is 2. The second-order valence-corrected chi connectivity index (χ2v) is 8.16. The Morgan fingerprint density at radius 1 is 1.23 bits per heavy atom. The number of carbonyl (C=O) groups is 1. The summed E-state index contributed by atoms with van der Waals surface area (Å²) in [4.78, 5) is 25.4. The molecule has 7 nitrogen and oxygen atoms in total. The van der Waals surface area contributed by atoms with Gasteiger partial charge in [-0.15, -0.1) is 0 Å². The molecule has 4 rings (SSSR count). The maximum atomic E-state index is 13.8. The van der Waals surface area contributed by atoms with E-state index in [-0.39, 0.29) is 23.8 Å². The Kier molecular flexibility index (Phi) is 5.26. The molecule has 0 spiro atoms. The molecule has 30 heavy (non-hydrogen) atoms. The Hall–Kier alpha value is -2.90. The summed E-state index contributed by atoms with van der Waals surface area (Å²) in [5.74, 6) is 2.34. The first-order valence-corrected chi connectivity index (χ1v) is 10.2. The lowest BCUT2D eigenvalue weighted by atomic mass is 9.80. The highest BCUT2D eigenvalue weighted by atomic mass is 19.1. The van der Waals surface area contributed by atoms with E-state index in [2.05, 4.69) is 4.98 Å². The van der Waals surface area contributed by atoms with E-state index in [9.17, 15) is 9.18 Å². The number of rotatable bonds is 5. The maximum absolute atomic E-state index is 13.8. The summed E-state index contributed by atoms with van der Waals surface area (Å²) < 4.78 is 24.6. The van der Waals surface area contributed by atoms with E-state index >= 15 is 0 Å². The molecule has 0 bridgehead atoms. The van der Waals surface area contributed by atoms with Gasteiger partial charge in [0.05, 0.1) is 18.9 Å². The van der Waals surface area contributed by atoms with Crippen molar-refractivity contribution in [1.29, 1.82) is 0 Å². The van der Waals surface area contributed by atoms with Crippen molar-refractivity contribution in [1.82, 2.24) is 9.97 Å². The van der Waals surface area contributed by atoms with Gasteiger partial charge in [-0.1, -0.05) is 0 Å². The van der Waals surface area contributed by atoms with E-state index in [1.807, 2.05) is 25.8 Å². The molecule has 1 aromatic heterocycles. The van der Waals surface area contributed by atoms with Crippen LogP contribution in [0.4, 0.5) is 15.9 Å². The molecule has 8 heteroatoms. The highest BCUT2D eigenvalue weighted by Crippen LogP contribution is 2.37. The summed E-state index contributed by atoms with van der Waals surface area (Å²) in [6, 6.07) is 4.40. The number of aromatic nitrogens is 2. The van der Waals surface area contributed by atoms with E-state index in [4.69, 9.17) is 14.5 Å². The summed E-state index contributed by atoms with van der Waals surface area (Å²) >= 11 is 0. The van der Waals surface area contributed by atoms with Crippen LogP contribution in [-0.4, -0.2) is 49.2 Å². The number of hydrogen-bond acceptors (Lipinski definition) is 6. The zero-order chi connectivity index (χ0) is 21.6. The summed E-state index contributed by atoms with van der Waals surface area (Å²) in [5.41, 5.74) is 1.59. The lowest BCUT2D eigenvalue weighted by Gasteiger charge is -2.38. The van der Waals surface area contributed by atoms with Gasteiger partial charge in [0.1, 0.15) is 23.3 Å². The van der Waals surface area contributed by atoms with Crippen LogP contribution in [0.2, 0.25) is 0 Å². The molecule has 1 aromatic carbocycles. The number of halogens is 1. The number of methoxy groups -OCH3 is 1. The number of fused-ring (bicyclic) bond motifs is 1. The Balaban J connectivity index is 1.40. The van der Waals surface area contributed by atoms with Crippen LogP contribution in [-0.2, 0) is 11.2 Å². The normalized spacial score (nSPS) is 23.1. The first-order chi connectivity index (χ1) is 14.3. The minimum Gasteiger partial charge on any atom is -0.494 e. The van der Waals surface area contributed by atoms with Gasteiger partial charge in [-0.2, -0.15) is 0 Å². The molecular formula is C22H27FN4O3. The molecule has 0 unspecified atom stereocenters. The van der Waals surface area contributed by atoms with Crippen molar-refractivity contribution in [3.05, 3.63) is 35.5 Å². The number of nitrogens with zero attached hydrogens (tertiary/aromatic N) is 4. The fraction of sp³-hybridized carbons (Fsp3) is 0.500. The maximum Gasteiger partial charge on any atom is 0.249 e. The average Bonchev–Trinajstić information content (AvgIpc) is 2.68. The van der Waals surface area contributed by atoms with Crippen LogP contribution >= 0.6 is 0 Å². The fourth-order valence-corrected chi connectivity index (χ4v) is 4.19. The van der Waals surface area contributed by atoms with Gasteiger partial charge in [-0.25, -0.2) is 14.4 Å². The van der Waals surface area contributed by atoms with Gasteiger partial charge in [0, 0.05) is 26.6 Å². The second kappa shape index (κ2) is 7.74. The zero-order valence-corrected chi connectivity index (χ0v) is 18.0. The third-order valence-corrected chi connectivity index (χ3v) is 6.11. The highest BCUT2D eigenvalue weighted by molar-refractivity contribution is 6.04. The van der Waals surface area contributed by atoms with Gasteiger partial charge >= 0.3 is 0 Å². The molecule has 2 aliphatic rings. The summed E-state index contributed by atoms with van der Waals surface area (Å²) in [7, 11) is 5.11. The van der Waals surface area contributed by atoms with Crippen LogP contribution < -0.4 is 19.3 Å². The Morgan fingerprint density at radius 3 is 2.63 bits per heavy atom. The number of aryl methyl sites for hydroxylation is 1. The first kappa shape index (κ1) is 20.4. The van der Waals surface area contributed by atoms with Crippen LogP contribution in [0.15, 0.2) is 18.2 Å². The number of ether oxygens (including phenoxy) is 2. The lowest BCUT2D eigenvalue weighted by molar-refractivity contribution is -0.119. The predicted molar refractivity (Wildman–Crippen MR) is 112 cm³/mol. The molecule has 2 heterocycles. The molecule has 1 aliphatic carbocycles. The number of likely N-dealkylation sites (N-methyl/N-ethyl adjacent to an activating group) is 2. The zero-order valence-electron chi connectivity index (χ0n) is 18.0. The number of carbonyl (C=O) groups excluding carboxylic acids is 1. The number of amides is 1. The van der Waals surface area contributed by atoms with E-state index in [0.717, 1.165) is 42.3 Å². The van der Waals surface area contributed by atoms with Gasteiger partial charge in [0.15, 0.2) is 17.4 Å². The quantitative estimate of drug-likeness (QED) is 0.749. The van der Waals surface area contributed by atoms with Crippen LogP contribution in [0.1, 0.15) is 31.3 Å². The average molecular weight is 414 g/mol. The van der Waals surface area contributed by atoms with Crippen molar-refractivity contribution in [2.45, 2.75) is 45.3 Å².